The first-order chi connectivity index (χ1) is 11.9. The van der Waals surface area contributed by atoms with Gasteiger partial charge in [0.2, 0.25) is 0 Å². The van der Waals surface area contributed by atoms with Crippen LogP contribution in [0.15, 0.2) is 42.5 Å². The maximum absolute atomic E-state index is 12.3. The lowest BCUT2D eigenvalue weighted by Crippen LogP contribution is -2.30. The first-order valence-corrected chi connectivity index (χ1v) is 7.87. The average molecular weight is 338 g/mol. The number of hydrogen-bond donors (Lipinski definition) is 1. The lowest BCUT2D eigenvalue weighted by atomic mass is 10.1. The van der Waals surface area contributed by atoms with Gasteiger partial charge in [-0.3, -0.25) is 19.3 Å². The van der Waals surface area contributed by atoms with Crippen LogP contribution in [0.2, 0.25) is 0 Å². The summed E-state index contributed by atoms with van der Waals surface area (Å²) >= 11 is 0. The summed E-state index contributed by atoms with van der Waals surface area (Å²) in [6.07, 6.45) is -0.713. The highest BCUT2D eigenvalue weighted by atomic mass is 16.5. The van der Waals surface area contributed by atoms with Crippen LogP contribution in [0.5, 0.6) is 5.75 Å². The summed E-state index contributed by atoms with van der Waals surface area (Å²) in [5.41, 5.74) is 2.11. The maximum Gasteiger partial charge on any atom is 0.265 e. The third kappa shape index (κ3) is 3.24. The Morgan fingerprint density at radius 1 is 1.08 bits per heavy atom. The van der Waals surface area contributed by atoms with Crippen molar-refractivity contribution in [2.75, 3.05) is 12.4 Å². The minimum atomic E-state index is -0.713. The van der Waals surface area contributed by atoms with E-state index in [1.54, 1.807) is 25.1 Å². The molecule has 0 saturated heterocycles. The molecule has 1 aliphatic rings. The molecule has 3 rings (SSSR count). The van der Waals surface area contributed by atoms with Gasteiger partial charge in [0.05, 0.1) is 11.1 Å². The number of nitrogens with zero attached hydrogens (tertiary/aromatic N) is 1. The quantitative estimate of drug-likeness (QED) is 0.870. The van der Waals surface area contributed by atoms with Gasteiger partial charge in [0.15, 0.2) is 6.10 Å². The van der Waals surface area contributed by atoms with Gasteiger partial charge >= 0.3 is 0 Å². The third-order valence-corrected chi connectivity index (χ3v) is 4.03. The fourth-order valence-corrected chi connectivity index (χ4v) is 2.63. The number of carbonyl (C=O) groups excluding carboxylic acids is 3. The Morgan fingerprint density at radius 2 is 1.80 bits per heavy atom. The van der Waals surface area contributed by atoms with E-state index in [9.17, 15) is 14.4 Å². The van der Waals surface area contributed by atoms with Crippen LogP contribution in [0.3, 0.4) is 0 Å². The molecular formula is C19H18N2O4. The fraction of sp³-hybridized carbons (Fsp3) is 0.211. The fourth-order valence-electron chi connectivity index (χ4n) is 2.63. The molecule has 1 aliphatic heterocycles. The van der Waals surface area contributed by atoms with Crippen molar-refractivity contribution in [3.63, 3.8) is 0 Å². The standard InChI is InChI=1S/C19H18N2O4/c1-11-5-4-6-14(9-11)25-12(2)17(22)20-13-7-8-15-16(10-13)19(24)21(3)18(15)23/h4-10,12H,1-3H3,(H,20,22)/t12-/m1/s1. The second-order valence-electron chi connectivity index (χ2n) is 6.00. The number of fused-ring (bicyclic) bond motifs is 1. The highest BCUT2D eigenvalue weighted by Crippen LogP contribution is 2.25. The van der Waals surface area contributed by atoms with Gasteiger partial charge in [-0.2, -0.15) is 0 Å². The van der Waals surface area contributed by atoms with Crippen molar-refractivity contribution in [1.29, 1.82) is 0 Å². The van der Waals surface area contributed by atoms with Crippen LogP contribution < -0.4 is 10.1 Å². The zero-order valence-electron chi connectivity index (χ0n) is 14.2. The van der Waals surface area contributed by atoms with Gasteiger partial charge in [-0.25, -0.2) is 0 Å². The molecule has 0 aromatic heterocycles. The lowest BCUT2D eigenvalue weighted by Gasteiger charge is -2.15. The number of rotatable bonds is 4. The van der Waals surface area contributed by atoms with Crippen LogP contribution in [-0.2, 0) is 4.79 Å². The largest absolute Gasteiger partial charge is 0.481 e. The monoisotopic (exact) mass is 338 g/mol. The van der Waals surface area contributed by atoms with Gasteiger partial charge < -0.3 is 10.1 Å². The molecular weight excluding hydrogens is 320 g/mol. The minimum absolute atomic E-state index is 0.289. The summed E-state index contributed by atoms with van der Waals surface area (Å²) < 4.78 is 5.64. The van der Waals surface area contributed by atoms with E-state index in [-0.39, 0.29) is 23.3 Å². The molecule has 2 aromatic rings. The molecule has 0 aliphatic carbocycles. The van der Waals surface area contributed by atoms with E-state index in [1.165, 1.54) is 13.1 Å². The number of carbonyl (C=O) groups is 3. The van der Waals surface area contributed by atoms with E-state index >= 15 is 0 Å². The highest BCUT2D eigenvalue weighted by molar-refractivity contribution is 6.21. The summed E-state index contributed by atoms with van der Waals surface area (Å²) in [6.45, 7) is 3.59. The van der Waals surface area contributed by atoms with Crippen molar-refractivity contribution in [2.24, 2.45) is 0 Å². The van der Waals surface area contributed by atoms with Gasteiger partial charge in [0.25, 0.3) is 17.7 Å². The molecule has 0 fully saturated rings. The first kappa shape index (κ1) is 16.7. The smallest absolute Gasteiger partial charge is 0.265 e. The maximum atomic E-state index is 12.3. The summed E-state index contributed by atoms with van der Waals surface area (Å²) in [4.78, 5) is 37.3. The number of anilines is 1. The van der Waals surface area contributed by atoms with E-state index in [0.29, 0.717) is 17.0 Å². The minimum Gasteiger partial charge on any atom is -0.481 e. The molecule has 2 aromatic carbocycles. The van der Waals surface area contributed by atoms with Gasteiger partial charge in [-0.15, -0.1) is 0 Å². The zero-order chi connectivity index (χ0) is 18.1. The molecule has 0 unspecified atom stereocenters. The summed E-state index contributed by atoms with van der Waals surface area (Å²) in [5.74, 6) is -0.445. The number of imide groups is 1. The Hall–Kier alpha value is -3.15. The molecule has 6 heteroatoms. The van der Waals surface area contributed by atoms with Crippen LogP contribution >= 0.6 is 0 Å². The van der Waals surface area contributed by atoms with Gasteiger partial charge in [0, 0.05) is 12.7 Å². The molecule has 1 heterocycles. The molecule has 25 heavy (non-hydrogen) atoms. The Labute approximate surface area is 145 Å². The molecule has 0 saturated carbocycles. The Kier molecular flexibility index (Phi) is 4.27. The third-order valence-electron chi connectivity index (χ3n) is 4.03. The van der Waals surface area contributed by atoms with Crippen molar-refractivity contribution in [3.8, 4) is 5.75 Å². The second kappa shape index (κ2) is 6.39. The zero-order valence-corrected chi connectivity index (χ0v) is 14.2. The van der Waals surface area contributed by atoms with Gasteiger partial charge in [0.1, 0.15) is 5.75 Å². The first-order valence-electron chi connectivity index (χ1n) is 7.87. The topological polar surface area (TPSA) is 75.7 Å². The second-order valence-corrected chi connectivity index (χ2v) is 6.00. The van der Waals surface area contributed by atoms with Gasteiger partial charge in [-0.1, -0.05) is 12.1 Å². The van der Waals surface area contributed by atoms with Crippen molar-refractivity contribution in [2.45, 2.75) is 20.0 Å². The lowest BCUT2D eigenvalue weighted by molar-refractivity contribution is -0.122. The number of hydrogen-bond acceptors (Lipinski definition) is 4. The SMILES string of the molecule is Cc1cccc(O[C@H](C)C(=O)Nc2ccc3c(c2)C(=O)N(C)C3=O)c1. The summed E-state index contributed by atoms with van der Waals surface area (Å²) in [7, 11) is 1.43. The number of amides is 3. The normalized spacial score (nSPS) is 14.3. The predicted molar refractivity (Wildman–Crippen MR) is 92.8 cm³/mol. The average Bonchev–Trinajstić information content (AvgIpc) is 2.79. The van der Waals surface area contributed by atoms with Crippen molar-refractivity contribution < 1.29 is 19.1 Å². The summed E-state index contributed by atoms with van der Waals surface area (Å²) in [6, 6.07) is 12.1. The Balaban J connectivity index is 1.71. The van der Waals surface area contributed by atoms with E-state index in [1.807, 2.05) is 25.1 Å². The molecule has 0 radical (unpaired) electrons. The molecule has 1 N–H and O–H groups in total. The number of nitrogens with one attached hydrogen (secondary N) is 1. The van der Waals surface area contributed by atoms with E-state index in [2.05, 4.69) is 5.32 Å². The van der Waals surface area contributed by atoms with Crippen molar-refractivity contribution >= 4 is 23.4 Å². The number of ether oxygens (including phenoxy) is 1. The number of benzene rings is 2. The molecule has 3 amide bonds. The van der Waals surface area contributed by atoms with E-state index in [4.69, 9.17) is 4.74 Å². The predicted octanol–water partition coefficient (Wildman–Crippen LogP) is 2.63. The molecule has 6 nitrogen and oxygen atoms in total. The van der Waals surface area contributed by atoms with Crippen LogP contribution in [0.4, 0.5) is 5.69 Å². The molecule has 0 spiro atoms. The number of aryl methyl sites for hydroxylation is 1. The Bertz CT molecular complexity index is 875. The van der Waals surface area contributed by atoms with Crippen LogP contribution in [-0.4, -0.2) is 35.8 Å². The van der Waals surface area contributed by atoms with E-state index < -0.39 is 6.10 Å². The Morgan fingerprint density at radius 3 is 2.52 bits per heavy atom. The van der Waals surface area contributed by atoms with Gasteiger partial charge in [-0.05, 0) is 49.7 Å². The van der Waals surface area contributed by atoms with Crippen LogP contribution in [0.25, 0.3) is 0 Å². The van der Waals surface area contributed by atoms with E-state index in [0.717, 1.165) is 10.5 Å². The molecule has 0 bridgehead atoms. The molecule has 128 valence electrons. The summed E-state index contributed by atoms with van der Waals surface area (Å²) in [5, 5.41) is 2.71. The molecule has 1 atom stereocenters. The van der Waals surface area contributed by atoms with Crippen LogP contribution in [0.1, 0.15) is 33.2 Å². The highest BCUT2D eigenvalue weighted by Gasteiger charge is 2.32. The van der Waals surface area contributed by atoms with Crippen molar-refractivity contribution in [3.05, 3.63) is 59.2 Å². The van der Waals surface area contributed by atoms with Crippen molar-refractivity contribution in [1.82, 2.24) is 4.90 Å². The van der Waals surface area contributed by atoms with Crippen LogP contribution in [0, 0.1) is 6.92 Å².